The summed E-state index contributed by atoms with van der Waals surface area (Å²) in [5, 5.41) is 23.4. The number of aliphatic hydroxyl groups is 2. The smallest absolute Gasteiger partial charge is 0.251 e. The highest BCUT2D eigenvalue weighted by Crippen LogP contribution is 2.12. The summed E-state index contributed by atoms with van der Waals surface area (Å²) in [7, 11) is 0. The molecular formula is C13H18N2O4. The number of benzene rings is 1. The van der Waals surface area contributed by atoms with Crippen LogP contribution < -0.4 is 10.6 Å². The number of aliphatic hydroxyl groups excluding tert-OH is 2. The van der Waals surface area contributed by atoms with Gasteiger partial charge in [-0.15, -0.1) is 0 Å². The fourth-order valence-electron chi connectivity index (χ4n) is 1.42. The van der Waals surface area contributed by atoms with Gasteiger partial charge in [-0.25, -0.2) is 0 Å². The van der Waals surface area contributed by atoms with Crippen molar-refractivity contribution in [3.8, 4) is 0 Å². The maximum absolute atomic E-state index is 12.0. The highest BCUT2D eigenvalue weighted by Gasteiger charge is 2.25. The number of amides is 2. The highest BCUT2D eigenvalue weighted by molar-refractivity contribution is 5.97. The van der Waals surface area contributed by atoms with Crippen LogP contribution in [0.15, 0.2) is 24.3 Å². The van der Waals surface area contributed by atoms with Gasteiger partial charge in [-0.3, -0.25) is 9.59 Å². The first kappa shape index (κ1) is 15.1. The molecule has 1 aromatic carbocycles. The van der Waals surface area contributed by atoms with Crippen molar-refractivity contribution in [1.82, 2.24) is 5.32 Å². The van der Waals surface area contributed by atoms with E-state index < -0.39 is 11.4 Å². The lowest BCUT2D eigenvalue weighted by atomic mass is 10.0. The van der Waals surface area contributed by atoms with Crippen LogP contribution in [-0.2, 0) is 4.79 Å². The number of anilines is 1. The Hall–Kier alpha value is -1.92. The molecule has 6 nitrogen and oxygen atoms in total. The number of carbonyl (C=O) groups excluding carboxylic acids is 2. The van der Waals surface area contributed by atoms with Crippen molar-refractivity contribution in [1.29, 1.82) is 0 Å². The minimum Gasteiger partial charge on any atom is -0.394 e. The van der Waals surface area contributed by atoms with Gasteiger partial charge in [0, 0.05) is 18.2 Å². The molecule has 6 heteroatoms. The Balaban J connectivity index is 2.85. The summed E-state index contributed by atoms with van der Waals surface area (Å²) >= 11 is 0. The lowest BCUT2D eigenvalue weighted by Crippen LogP contribution is -2.51. The molecule has 0 radical (unpaired) electrons. The van der Waals surface area contributed by atoms with Crippen LogP contribution in [0.1, 0.15) is 24.2 Å². The first-order valence-corrected chi connectivity index (χ1v) is 5.82. The monoisotopic (exact) mass is 266 g/mol. The van der Waals surface area contributed by atoms with E-state index in [0.717, 1.165) is 0 Å². The Bertz CT molecular complexity index is 469. The van der Waals surface area contributed by atoms with E-state index in [0.29, 0.717) is 11.3 Å². The zero-order valence-electron chi connectivity index (χ0n) is 10.9. The SMILES string of the molecule is CC(=O)Nc1cccc(C(=O)NC(C)(CO)CO)c1. The lowest BCUT2D eigenvalue weighted by molar-refractivity contribution is -0.114. The van der Waals surface area contributed by atoms with Crippen molar-refractivity contribution in [3.63, 3.8) is 0 Å². The zero-order chi connectivity index (χ0) is 14.5. The maximum atomic E-state index is 12.0. The topological polar surface area (TPSA) is 98.7 Å². The van der Waals surface area contributed by atoms with Crippen LogP contribution in [-0.4, -0.2) is 40.8 Å². The van der Waals surface area contributed by atoms with Gasteiger partial charge in [-0.2, -0.15) is 0 Å². The minimum absolute atomic E-state index is 0.229. The summed E-state index contributed by atoms with van der Waals surface area (Å²) in [6.45, 7) is 2.16. The van der Waals surface area contributed by atoms with E-state index in [9.17, 15) is 9.59 Å². The predicted molar refractivity (Wildman–Crippen MR) is 70.8 cm³/mol. The van der Waals surface area contributed by atoms with Crippen molar-refractivity contribution in [2.75, 3.05) is 18.5 Å². The second kappa shape index (κ2) is 6.31. The van der Waals surface area contributed by atoms with E-state index in [1.807, 2.05) is 0 Å². The number of nitrogens with one attached hydrogen (secondary N) is 2. The minimum atomic E-state index is -1.08. The standard InChI is InChI=1S/C13H18N2O4/c1-9(18)14-11-5-3-4-10(6-11)12(19)15-13(2,7-16)8-17/h3-6,16-17H,7-8H2,1-2H3,(H,14,18)(H,15,19). The molecule has 0 heterocycles. The molecule has 0 aliphatic heterocycles. The largest absolute Gasteiger partial charge is 0.394 e. The Morgan fingerprint density at radius 1 is 1.26 bits per heavy atom. The number of carbonyl (C=O) groups is 2. The van der Waals surface area contributed by atoms with Crippen LogP contribution in [0.2, 0.25) is 0 Å². The predicted octanol–water partition coefficient (Wildman–Crippen LogP) is 0.118. The van der Waals surface area contributed by atoms with Crippen LogP contribution in [0.25, 0.3) is 0 Å². The molecule has 0 spiro atoms. The van der Waals surface area contributed by atoms with Crippen molar-refractivity contribution >= 4 is 17.5 Å². The van der Waals surface area contributed by atoms with Crippen LogP contribution in [0.5, 0.6) is 0 Å². The average Bonchev–Trinajstić information content (AvgIpc) is 2.38. The third-order valence-electron chi connectivity index (χ3n) is 2.56. The molecular weight excluding hydrogens is 248 g/mol. The number of rotatable bonds is 5. The molecule has 0 fully saturated rings. The molecule has 4 N–H and O–H groups in total. The molecule has 1 rings (SSSR count). The van der Waals surface area contributed by atoms with Gasteiger partial charge >= 0.3 is 0 Å². The summed E-state index contributed by atoms with van der Waals surface area (Å²) in [6, 6.07) is 6.40. The number of hydrogen-bond acceptors (Lipinski definition) is 4. The molecule has 0 aliphatic carbocycles. The Morgan fingerprint density at radius 3 is 2.42 bits per heavy atom. The van der Waals surface area contributed by atoms with Gasteiger partial charge < -0.3 is 20.8 Å². The van der Waals surface area contributed by atoms with Crippen LogP contribution in [0.4, 0.5) is 5.69 Å². The fourth-order valence-corrected chi connectivity index (χ4v) is 1.42. The van der Waals surface area contributed by atoms with Crippen molar-refractivity contribution in [3.05, 3.63) is 29.8 Å². The summed E-state index contributed by atoms with van der Waals surface area (Å²) in [5.41, 5.74) is -0.240. The molecule has 0 aromatic heterocycles. The van der Waals surface area contributed by atoms with E-state index in [-0.39, 0.29) is 19.1 Å². The van der Waals surface area contributed by atoms with Gasteiger partial charge in [-0.1, -0.05) is 6.07 Å². The third kappa shape index (κ3) is 4.35. The first-order chi connectivity index (χ1) is 8.90. The maximum Gasteiger partial charge on any atom is 0.251 e. The van der Waals surface area contributed by atoms with Gasteiger partial charge in [0.25, 0.3) is 5.91 Å². The summed E-state index contributed by atoms with van der Waals surface area (Å²) < 4.78 is 0. The van der Waals surface area contributed by atoms with E-state index >= 15 is 0 Å². The molecule has 0 saturated carbocycles. The lowest BCUT2D eigenvalue weighted by Gasteiger charge is -2.26. The third-order valence-corrected chi connectivity index (χ3v) is 2.56. The molecule has 0 atom stereocenters. The second-order valence-corrected chi connectivity index (χ2v) is 4.59. The Morgan fingerprint density at radius 2 is 1.89 bits per heavy atom. The van der Waals surface area contributed by atoms with E-state index in [4.69, 9.17) is 10.2 Å². The van der Waals surface area contributed by atoms with Gasteiger partial charge in [0.1, 0.15) is 0 Å². The fraction of sp³-hybridized carbons (Fsp3) is 0.385. The first-order valence-electron chi connectivity index (χ1n) is 5.82. The molecule has 0 aliphatic rings. The second-order valence-electron chi connectivity index (χ2n) is 4.59. The van der Waals surface area contributed by atoms with Crippen molar-refractivity contribution < 1.29 is 19.8 Å². The van der Waals surface area contributed by atoms with Gasteiger partial charge in [0.15, 0.2) is 0 Å². The number of hydrogen-bond donors (Lipinski definition) is 4. The molecule has 104 valence electrons. The van der Waals surface area contributed by atoms with Crippen molar-refractivity contribution in [2.24, 2.45) is 0 Å². The van der Waals surface area contributed by atoms with E-state index in [1.54, 1.807) is 18.2 Å². The summed E-state index contributed by atoms with van der Waals surface area (Å²) in [4.78, 5) is 22.9. The zero-order valence-corrected chi connectivity index (χ0v) is 10.9. The van der Waals surface area contributed by atoms with Crippen molar-refractivity contribution in [2.45, 2.75) is 19.4 Å². The van der Waals surface area contributed by atoms with Crippen LogP contribution >= 0.6 is 0 Å². The summed E-state index contributed by atoms with van der Waals surface area (Å²) in [6.07, 6.45) is 0. The van der Waals surface area contributed by atoms with E-state index in [2.05, 4.69) is 10.6 Å². The Kier molecular flexibility index (Phi) is 5.02. The molecule has 0 unspecified atom stereocenters. The highest BCUT2D eigenvalue weighted by atomic mass is 16.3. The van der Waals surface area contributed by atoms with Gasteiger partial charge in [0.2, 0.25) is 5.91 Å². The average molecular weight is 266 g/mol. The molecule has 19 heavy (non-hydrogen) atoms. The quantitative estimate of drug-likeness (QED) is 0.608. The van der Waals surface area contributed by atoms with Gasteiger partial charge in [-0.05, 0) is 25.1 Å². The molecule has 0 bridgehead atoms. The summed E-state index contributed by atoms with van der Waals surface area (Å²) in [5.74, 6) is -0.661. The van der Waals surface area contributed by atoms with Crippen LogP contribution in [0.3, 0.4) is 0 Å². The van der Waals surface area contributed by atoms with E-state index in [1.165, 1.54) is 19.9 Å². The molecule has 2 amide bonds. The molecule has 1 aromatic rings. The van der Waals surface area contributed by atoms with Gasteiger partial charge in [0.05, 0.1) is 18.8 Å². The Labute approximate surface area is 111 Å². The van der Waals surface area contributed by atoms with Crippen LogP contribution in [0, 0.1) is 0 Å². The molecule has 0 saturated heterocycles. The normalized spacial score (nSPS) is 10.9.